The van der Waals surface area contributed by atoms with Gasteiger partial charge < -0.3 is 20.1 Å². The van der Waals surface area contributed by atoms with E-state index >= 15 is 0 Å². The summed E-state index contributed by atoms with van der Waals surface area (Å²) in [7, 11) is -4.30. The van der Waals surface area contributed by atoms with Crippen molar-refractivity contribution in [2.45, 2.75) is 136 Å². The summed E-state index contributed by atoms with van der Waals surface area (Å²) in [6, 6.07) is 0. The van der Waals surface area contributed by atoms with Gasteiger partial charge in [0, 0.05) is 19.6 Å². The predicted octanol–water partition coefficient (Wildman–Crippen LogP) is 11.5. The molecule has 0 saturated carbocycles. The van der Waals surface area contributed by atoms with E-state index in [-0.39, 0.29) is 38.8 Å². The molecule has 0 fully saturated rings. The monoisotopic (exact) mass is 746 g/mol. The molecule has 0 aromatic heterocycles. The first-order chi connectivity index (χ1) is 25.4. The lowest BCUT2D eigenvalue weighted by atomic mass is 10.1. The molecule has 2 unspecified atom stereocenters. The largest absolute Gasteiger partial charge is 0.472 e. The lowest BCUT2D eigenvalue weighted by Crippen LogP contribution is -2.28. The second-order valence-electron chi connectivity index (χ2n) is 12.4. The van der Waals surface area contributed by atoms with Gasteiger partial charge in [-0.1, -0.05) is 130 Å². The van der Waals surface area contributed by atoms with Gasteiger partial charge >= 0.3 is 13.8 Å². The van der Waals surface area contributed by atoms with E-state index in [1.165, 1.54) is 0 Å². The third-order valence-corrected chi connectivity index (χ3v) is 8.48. The second-order valence-corrected chi connectivity index (χ2v) is 13.8. The topological polar surface area (TPSA) is 117 Å². The number of ether oxygens (including phenoxy) is 2. The van der Waals surface area contributed by atoms with E-state index in [2.05, 4.69) is 111 Å². The molecule has 3 N–H and O–H groups in total. The minimum Gasteiger partial charge on any atom is -0.457 e. The van der Waals surface area contributed by atoms with Gasteiger partial charge in [0.05, 0.1) is 19.8 Å². The Morgan fingerprint density at radius 3 is 1.50 bits per heavy atom. The fourth-order valence-electron chi connectivity index (χ4n) is 4.68. The normalized spacial score (nSPS) is 14.6. The molecule has 0 saturated heterocycles. The number of nitrogens with two attached hydrogens (primary N) is 1. The maximum Gasteiger partial charge on any atom is 0.472 e. The van der Waals surface area contributed by atoms with E-state index in [9.17, 15) is 14.3 Å². The van der Waals surface area contributed by atoms with Gasteiger partial charge in [-0.15, -0.1) is 0 Å². The summed E-state index contributed by atoms with van der Waals surface area (Å²) in [6.45, 7) is 4.54. The summed E-state index contributed by atoms with van der Waals surface area (Å²) < 4.78 is 33.3. The maximum atomic E-state index is 12.5. The third-order valence-electron chi connectivity index (χ3n) is 7.50. The number of carbonyl (C=O) groups excluding carboxylic acids is 1. The third kappa shape index (κ3) is 38.6. The molecule has 0 spiro atoms. The summed E-state index contributed by atoms with van der Waals surface area (Å²) in [5.74, 6) is -0.371. The maximum absolute atomic E-state index is 12.5. The molecule has 9 heteroatoms. The van der Waals surface area contributed by atoms with E-state index in [4.69, 9.17) is 24.3 Å². The average molecular weight is 746 g/mol. The summed E-state index contributed by atoms with van der Waals surface area (Å²) in [4.78, 5) is 22.4. The second kappa shape index (κ2) is 39.6. The van der Waals surface area contributed by atoms with Crippen LogP contribution in [0.15, 0.2) is 97.2 Å². The lowest BCUT2D eigenvalue weighted by Gasteiger charge is -2.20. The molecular weight excluding hydrogens is 673 g/mol. The highest BCUT2D eigenvalue weighted by Gasteiger charge is 2.25. The minimum atomic E-state index is -4.30. The Morgan fingerprint density at radius 1 is 0.577 bits per heavy atom. The fraction of sp³-hybridized carbons (Fsp3) is 0.605. The molecule has 8 nitrogen and oxygen atoms in total. The van der Waals surface area contributed by atoms with Gasteiger partial charge in [0.25, 0.3) is 0 Å². The zero-order valence-electron chi connectivity index (χ0n) is 32.5. The molecule has 0 aromatic carbocycles. The number of esters is 1. The Hall–Kier alpha value is -2.58. The summed E-state index contributed by atoms with van der Waals surface area (Å²) in [5.41, 5.74) is 5.35. The molecule has 0 aliphatic rings. The number of rotatable bonds is 36. The van der Waals surface area contributed by atoms with Crippen molar-refractivity contribution in [3.05, 3.63) is 97.2 Å². The molecule has 0 amide bonds. The van der Waals surface area contributed by atoms with Crippen molar-refractivity contribution in [3.63, 3.8) is 0 Å². The molecule has 0 rings (SSSR count). The van der Waals surface area contributed by atoms with Crippen molar-refractivity contribution in [1.29, 1.82) is 0 Å². The average Bonchev–Trinajstić information content (AvgIpc) is 3.13. The van der Waals surface area contributed by atoms with Gasteiger partial charge in [-0.3, -0.25) is 13.8 Å². The number of carbonyl (C=O) groups is 1. The van der Waals surface area contributed by atoms with Crippen molar-refractivity contribution in [2.24, 2.45) is 5.73 Å². The van der Waals surface area contributed by atoms with Crippen LogP contribution in [0.4, 0.5) is 0 Å². The summed E-state index contributed by atoms with van der Waals surface area (Å²) >= 11 is 0. The first-order valence-electron chi connectivity index (χ1n) is 19.7. The lowest BCUT2D eigenvalue weighted by molar-refractivity contribution is -0.154. The number of unbranched alkanes of at least 4 members (excludes halogenated alkanes) is 7. The number of hydrogen-bond acceptors (Lipinski definition) is 7. The molecule has 0 aromatic rings. The zero-order valence-corrected chi connectivity index (χ0v) is 33.4. The molecule has 2 atom stereocenters. The van der Waals surface area contributed by atoms with Crippen LogP contribution in [0.25, 0.3) is 0 Å². The van der Waals surface area contributed by atoms with Crippen LogP contribution in [-0.4, -0.2) is 49.9 Å². The highest BCUT2D eigenvalue weighted by Crippen LogP contribution is 2.43. The standard InChI is InChI=1S/C43H72NO7P/c1-3-5-7-9-11-13-15-17-19-21-22-24-26-28-30-32-34-36-43(45)51-42(41-50-52(46,47)49-39-37-44)40-48-38-35-33-31-29-27-25-23-20-18-16-14-12-10-8-6-4-2/h5-8,11-14,17-20,22,24-25,27,42H,3-4,9-10,15-16,21,23,26,28-41,44H2,1-2H3,(H,46,47)/b7-5-,8-6-,13-11-,14-12-,19-17-,20-18-,24-22-,27-25-. The van der Waals surface area contributed by atoms with Crippen LogP contribution >= 0.6 is 7.82 Å². The van der Waals surface area contributed by atoms with Gasteiger partial charge in [-0.25, -0.2) is 4.57 Å². The Morgan fingerprint density at radius 2 is 1.02 bits per heavy atom. The molecule has 0 bridgehead atoms. The summed E-state index contributed by atoms with van der Waals surface area (Å²) in [6.07, 6.45) is 51.4. The Kier molecular flexibility index (Phi) is 37.7. The SMILES string of the molecule is CC/C=C\C/C=C\C/C=C\C/C=C\CCCCCCC(=O)OC(COCCCCC/C=C\C/C=C\C/C=C\C/C=C\CC)COP(=O)(O)OCCN. The Labute approximate surface area is 317 Å². The van der Waals surface area contributed by atoms with E-state index < -0.39 is 13.9 Å². The Balaban J connectivity index is 4.22. The van der Waals surface area contributed by atoms with Crippen molar-refractivity contribution >= 4 is 13.8 Å². The highest BCUT2D eigenvalue weighted by molar-refractivity contribution is 7.47. The fourth-order valence-corrected chi connectivity index (χ4v) is 5.45. The van der Waals surface area contributed by atoms with Gasteiger partial charge in [0.15, 0.2) is 0 Å². The van der Waals surface area contributed by atoms with Crippen molar-refractivity contribution in [2.75, 3.05) is 33.0 Å². The van der Waals surface area contributed by atoms with Crippen LogP contribution in [0.3, 0.4) is 0 Å². The van der Waals surface area contributed by atoms with Crippen LogP contribution < -0.4 is 5.73 Å². The van der Waals surface area contributed by atoms with Crippen molar-refractivity contribution in [3.8, 4) is 0 Å². The van der Waals surface area contributed by atoms with Crippen LogP contribution in [-0.2, 0) is 27.9 Å². The van der Waals surface area contributed by atoms with Crippen LogP contribution in [0.1, 0.15) is 129 Å². The van der Waals surface area contributed by atoms with Crippen LogP contribution in [0, 0.1) is 0 Å². The minimum absolute atomic E-state index is 0.0777. The smallest absolute Gasteiger partial charge is 0.457 e. The van der Waals surface area contributed by atoms with Gasteiger partial charge in [0.2, 0.25) is 0 Å². The summed E-state index contributed by atoms with van der Waals surface area (Å²) in [5, 5.41) is 0. The molecule has 52 heavy (non-hydrogen) atoms. The van der Waals surface area contributed by atoms with Gasteiger partial charge in [0.1, 0.15) is 6.10 Å². The molecule has 0 radical (unpaired) electrons. The van der Waals surface area contributed by atoms with E-state index in [1.54, 1.807) is 0 Å². The van der Waals surface area contributed by atoms with E-state index in [0.29, 0.717) is 6.61 Å². The van der Waals surface area contributed by atoms with Crippen LogP contribution in [0.2, 0.25) is 0 Å². The van der Waals surface area contributed by atoms with Gasteiger partial charge in [-0.05, 0) is 89.9 Å². The number of phosphoric acid groups is 1. The van der Waals surface area contributed by atoms with Crippen LogP contribution in [0.5, 0.6) is 0 Å². The number of phosphoric ester groups is 1. The predicted molar refractivity (Wildman–Crippen MR) is 219 cm³/mol. The first kappa shape index (κ1) is 49.4. The van der Waals surface area contributed by atoms with E-state index in [1.807, 2.05) is 0 Å². The van der Waals surface area contributed by atoms with Crippen molar-refractivity contribution < 1.29 is 32.8 Å². The number of allylic oxidation sites excluding steroid dienone is 16. The number of hydrogen-bond donors (Lipinski definition) is 2. The molecule has 0 heterocycles. The van der Waals surface area contributed by atoms with Gasteiger partial charge in [-0.2, -0.15) is 0 Å². The zero-order chi connectivity index (χ0) is 38.1. The molecular formula is C43H72NO7P. The van der Waals surface area contributed by atoms with Crippen molar-refractivity contribution in [1.82, 2.24) is 0 Å². The molecule has 0 aliphatic heterocycles. The van der Waals surface area contributed by atoms with E-state index in [0.717, 1.165) is 109 Å². The Bertz CT molecular complexity index is 1110. The molecule has 296 valence electrons. The first-order valence-corrected chi connectivity index (χ1v) is 21.2. The highest BCUT2D eigenvalue weighted by atomic mass is 31.2. The quantitative estimate of drug-likeness (QED) is 0.0282. The molecule has 0 aliphatic carbocycles.